The van der Waals surface area contributed by atoms with Gasteiger partial charge in [-0.2, -0.15) is 0 Å². The van der Waals surface area contributed by atoms with Crippen LogP contribution in [-0.2, 0) is 9.59 Å². The van der Waals surface area contributed by atoms with Crippen molar-refractivity contribution in [2.24, 2.45) is 0 Å². The fourth-order valence-corrected chi connectivity index (χ4v) is 4.27. The number of amides is 2. The van der Waals surface area contributed by atoms with Gasteiger partial charge in [-0.3, -0.25) is 9.59 Å². The first-order valence-electron chi connectivity index (χ1n) is 10.9. The van der Waals surface area contributed by atoms with E-state index >= 15 is 0 Å². The summed E-state index contributed by atoms with van der Waals surface area (Å²) in [6, 6.07) is 12.8. The van der Waals surface area contributed by atoms with Crippen LogP contribution in [0.3, 0.4) is 0 Å². The Morgan fingerprint density at radius 3 is 2.16 bits per heavy atom. The van der Waals surface area contributed by atoms with Crippen molar-refractivity contribution < 1.29 is 19.1 Å². The second-order valence-electron chi connectivity index (χ2n) is 7.99. The Bertz CT molecular complexity index is 1050. The van der Waals surface area contributed by atoms with Crippen LogP contribution in [0.4, 0.5) is 5.69 Å². The lowest BCUT2D eigenvalue weighted by Crippen LogP contribution is -2.47. The first-order valence-corrected chi connectivity index (χ1v) is 10.9. The van der Waals surface area contributed by atoms with Gasteiger partial charge in [0.05, 0.1) is 25.5 Å². The zero-order valence-corrected chi connectivity index (χ0v) is 19.1. The Morgan fingerprint density at radius 2 is 1.56 bits per heavy atom. The number of piperazine rings is 1. The van der Waals surface area contributed by atoms with Crippen molar-refractivity contribution in [3.8, 4) is 11.5 Å². The average Bonchev–Trinajstić information content (AvgIpc) is 3.09. The topological polar surface area (TPSA) is 62.3 Å². The van der Waals surface area contributed by atoms with Crippen molar-refractivity contribution in [3.63, 3.8) is 0 Å². The number of likely N-dealkylation sites (N-methyl/N-ethyl adjacent to an activating group) is 1. The molecule has 2 aliphatic heterocycles. The number of carbonyl (C=O) groups is 2. The molecule has 0 radical (unpaired) electrons. The molecule has 4 rings (SSSR count). The first kappa shape index (κ1) is 21.9. The van der Waals surface area contributed by atoms with Crippen molar-refractivity contribution in [1.82, 2.24) is 9.80 Å². The molecular weight excluding hydrogens is 406 g/mol. The summed E-state index contributed by atoms with van der Waals surface area (Å²) in [6.45, 7) is 8.22. The molecule has 1 fully saturated rings. The van der Waals surface area contributed by atoms with Crippen LogP contribution in [0.1, 0.15) is 18.1 Å². The zero-order valence-electron chi connectivity index (χ0n) is 19.1. The number of methoxy groups -OCH3 is 2. The lowest BCUT2D eigenvalue weighted by molar-refractivity contribution is -0.120. The third-order valence-corrected chi connectivity index (χ3v) is 6.16. The van der Waals surface area contributed by atoms with Crippen LogP contribution < -0.4 is 14.4 Å². The SMILES string of the molecule is CCN1CCN(C2=C(c3ccc(C)cc3)C(=O)N(c3ccc(OC)cc3OC)C2=O)CC1. The van der Waals surface area contributed by atoms with Gasteiger partial charge in [-0.05, 0) is 31.2 Å². The summed E-state index contributed by atoms with van der Waals surface area (Å²) in [4.78, 5) is 33.1. The zero-order chi connectivity index (χ0) is 22.8. The molecule has 7 nitrogen and oxygen atoms in total. The fraction of sp³-hybridized carbons (Fsp3) is 0.360. The number of carbonyl (C=O) groups excluding carboxylic acids is 2. The third kappa shape index (κ3) is 3.84. The van der Waals surface area contributed by atoms with E-state index in [2.05, 4.69) is 16.7 Å². The summed E-state index contributed by atoms with van der Waals surface area (Å²) in [5.41, 5.74) is 3.16. The standard InChI is InChI=1S/C25H29N3O4/c1-5-26-12-14-27(15-13-26)23-22(18-8-6-17(2)7-9-18)24(29)28(25(23)30)20-11-10-19(31-3)16-21(20)32-4/h6-11,16H,5,12-15H2,1-4H3. The van der Waals surface area contributed by atoms with Crippen LogP contribution in [0, 0.1) is 6.92 Å². The monoisotopic (exact) mass is 435 g/mol. The maximum absolute atomic E-state index is 13.7. The smallest absolute Gasteiger partial charge is 0.282 e. The molecule has 2 aromatic carbocycles. The lowest BCUT2D eigenvalue weighted by atomic mass is 10.0. The number of ether oxygens (including phenoxy) is 2. The Balaban J connectivity index is 1.79. The van der Waals surface area contributed by atoms with Crippen LogP contribution >= 0.6 is 0 Å². The predicted octanol–water partition coefficient (Wildman–Crippen LogP) is 2.93. The largest absolute Gasteiger partial charge is 0.497 e. The highest BCUT2D eigenvalue weighted by Gasteiger charge is 2.44. The summed E-state index contributed by atoms with van der Waals surface area (Å²) in [5, 5.41) is 0. The van der Waals surface area contributed by atoms with Crippen LogP contribution in [0.25, 0.3) is 5.57 Å². The number of anilines is 1. The van der Waals surface area contributed by atoms with Gasteiger partial charge in [0.1, 0.15) is 17.2 Å². The second-order valence-corrected chi connectivity index (χ2v) is 7.99. The molecule has 0 unspecified atom stereocenters. The maximum atomic E-state index is 13.7. The van der Waals surface area contributed by atoms with Gasteiger partial charge < -0.3 is 19.3 Å². The number of aryl methyl sites for hydroxylation is 1. The highest BCUT2D eigenvalue weighted by molar-refractivity contribution is 6.45. The Kier molecular flexibility index (Phi) is 6.19. The second kappa shape index (κ2) is 9.04. The summed E-state index contributed by atoms with van der Waals surface area (Å²) in [7, 11) is 3.08. The summed E-state index contributed by atoms with van der Waals surface area (Å²) < 4.78 is 10.8. The minimum absolute atomic E-state index is 0.320. The van der Waals surface area contributed by atoms with E-state index < -0.39 is 0 Å². The Hall–Kier alpha value is -3.32. The summed E-state index contributed by atoms with van der Waals surface area (Å²) in [5.74, 6) is 0.341. The van der Waals surface area contributed by atoms with Gasteiger partial charge in [0.2, 0.25) is 0 Å². The van der Waals surface area contributed by atoms with Gasteiger partial charge in [-0.1, -0.05) is 36.8 Å². The minimum Gasteiger partial charge on any atom is -0.497 e. The summed E-state index contributed by atoms with van der Waals surface area (Å²) >= 11 is 0. The van der Waals surface area contributed by atoms with E-state index in [1.807, 2.05) is 31.2 Å². The van der Waals surface area contributed by atoms with E-state index in [1.54, 1.807) is 25.3 Å². The van der Waals surface area contributed by atoms with Crippen LogP contribution in [0.2, 0.25) is 0 Å². The molecular formula is C25H29N3O4. The van der Waals surface area contributed by atoms with E-state index in [1.165, 1.54) is 12.0 Å². The van der Waals surface area contributed by atoms with Gasteiger partial charge in [0.25, 0.3) is 11.8 Å². The lowest BCUT2D eigenvalue weighted by Gasteiger charge is -2.36. The molecule has 0 bridgehead atoms. The molecule has 32 heavy (non-hydrogen) atoms. The van der Waals surface area contributed by atoms with Gasteiger partial charge in [0.15, 0.2) is 0 Å². The molecule has 0 N–H and O–H groups in total. The number of hydrogen-bond acceptors (Lipinski definition) is 6. The molecule has 1 saturated heterocycles. The van der Waals surface area contributed by atoms with Crippen molar-refractivity contribution in [2.45, 2.75) is 13.8 Å². The van der Waals surface area contributed by atoms with Gasteiger partial charge in [-0.25, -0.2) is 4.90 Å². The Morgan fingerprint density at radius 1 is 0.875 bits per heavy atom. The number of benzene rings is 2. The molecule has 2 amide bonds. The van der Waals surface area contributed by atoms with Crippen LogP contribution in [-0.4, -0.2) is 68.6 Å². The Labute approximate surface area is 188 Å². The number of imide groups is 1. The van der Waals surface area contributed by atoms with Crippen molar-refractivity contribution in [3.05, 3.63) is 59.3 Å². The van der Waals surface area contributed by atoms with Crippen molar-refractivity contribution in [2.75, 3.05) is 51.8 Å². The van der Waals surface area contributed by atoms with Gasteiger partial charge in [-0.15, -0.1) is 0 Å². The molecule has 0 saturated carbocycles. The highest BCUT2D eigenvalue weighted by atomic mass is 16.5. The average molecular weight is 436 g/mol. The highest BCUT2D eigenvalue weighted by Crippen LogP contribution is 2.40. The van der Waals surface area contributed by atoms with Gasteiger partial charge in [0, 0.05) is 32.2 Å². The van der Waals surface area contributed by atoms with E-state index in [0.717, 1.165) is 30.8 Å². The van der Waals surface area contributed by atoms with Crippen LogP contribution in [0.5, 0.6) is 11.5 Å². The van der Waals surface area contributed by atoms with E-state index in [9.17, 15) is 9.59 Å². The number of hydrogen-bond donors (Lipinski definition) is 0. The maximum Gasteiger partial charge on any atom is 0.282 e. The van der Waals surface area contributed by atoms with E-state index in [0.29, 0.717) is 41.5 Å². The number of rotatable bonds is 6. The number of nitrogens with zero attached hydrogens (tertiary/aromatic N) is 3. The van der Waals surface area contributed by atoms with E-state index in [4.69, 9.17) is 9.47 Å². The minimum atomic E-state index is -0.338. The quantitative estimate of drug-likeness (QED) is 0.651. The van der Waals surface area contributed by atoms with Crippen molar-refractivity contribution in [1.29, 1.82) is 0 Å². The molecule has 2 aromatic rings. The fourth-order valence-electron chi connectivity index (χ4n) is 4.27. The molecule has 2 heterocycles. The normalized spacial score (nSPS) is 17.4. The van der Waals surface area contributed by atoms with E-state index in [-0.39, 0.29) is 11.8 Å². The molecule has 168 valence electrons. The molecule has 0 atom stereocenters. The molecule has 0 aliphatic carbocycles. The summed E-state index contributed by atoms with van der Waals surface area (Å²) in [6.07, 6.45) is 0. The molecule has 0 aromatic heterocycles. The molecule has 0 spiro atoms. The van der Waals surface area contributed by atoms with Gasteiger partial charge >= 0.3 is 0 Å². The third-order valence-electron chi connectivity index (χ3n) is 6.16. The van der Waals surface area contributed by atoms with Crippen LogP contribution in [0.15, 0.2) is 48.2 Å². The first-order chi connectivity index (χ1) is 15.5. The molecule has 7 heteroatoms. The molecule has 2 aliphatic rings. The predicted molar refractivity (Wildman–Crippen MR) is 124 cm³/mol. The van der Waals surface area contributed by atoms with Crippen molar-refractivity contribution >= 4 is 23.1 Å².